The van der Waals surface area contributed by atoms with Crippen LogP contribution in [0.4, 0.5) is 11.8 Å². The molecule has 1 N–H and O–H groups in total. The van der Waals surface area contributed by atoms with E-state index in [0.717, 1.165) is 26.7 Å². The minimum Gasteiger partial charge on any atom is -0.376 e. The molecule has 1 spiro atoms. The highest BCUT2D eigenvalue weighted by Gasteiger charge is 2.57. The van der Waals surface area contributed by atoms with Crippen molar-refractivity contribution in [2.75, 3.05) is 18.5 Å². The molecule has 6 rings (SSSR count). The summed E-state index contributed by atoms with van der Waals surface area (Å²) in [6, 6.07) is 9.39. The predicted octanol–water partition coefficient (Wildman–Crippen LogP) is 5.18. The standard InChI is InChI=1S/C24H20Cl2N6O2S/c1-13-9-27-23(29-16-6-7-28-31(16)2)30-19(13)20-18(26)17-21(35-20)24(11-34-12-24)32(22(17)33)10-14-4-3-5-15(25)8-14/h3-9H,10-12H2,1-2H3,(H,27,29,30). The Bertz CT molecular complexity index is 1480. The Labute approximate surface area is 215 Å². The maximum atomic E-state index is 13.7. The topological polar surface area (TPSA) is 85.2 Å². The average molecular weight is 527 g/mol. The van der Waals surface area contributed by atoms with Gasteiger partial charge in [0.2, 0.25) is 5.95 Å². The molecule has 178 valence electrons. The van der Waals surface area contributed by atoms with Crippen LogP contribution in [0.5, 0.6) is 0 Å². The van der Waals surface area contributed by atoms with Crippen molar-refractivity contribution in [3.63, 3.8) is 0 Å². The maximum Gasteiger partial charge on any atom is 0.257 e. The number of aryl methyl sites for hydroxylation is 2. The maximum absolute atomic E-state index is 13.7. The van der Waals surface area contributed by atoms with Crippen molar-refractivity contribution in [3.8, 4) is 10.6 Å². The molecule has 4 aromatic rings. The van der Waals surface area contributed by atoms with Crippen molar-refractivity contribution in [2.24, 2.45) is 7.05 Å². The number of carbonyl (C=O) groups is 1. The SMILES string of the molecule is Cc1cnc(Nc2ccnn2C)nc1-c1sc2c(c1Cl)C(=O)N(Cc1cccc(Cl)c1)C21COC1. The zero-order chi connectivity index (χ0) is 24.3. The van der Waals surface area contributed by atoms with Crippen LogP contribution < -0.4 is 5.32 Å². The first-order chi connectivity index (χ1) is 16.9. The number of nitrogens with zero attached hydrogens (tertiary/aromatic N) is 5. The van der Waals surface area contributed by atoms with Crippen molar-refractivity contribution in [3.05, 3.63) is 74.3 Å². The molecule has 8 nitrogen and oxygen atoms in total. The monoisotopic (exact) mass is 526 g/mol. The Morgan fingerprint density at radius 2 is 2.09 bits per heavy atom. The van der Waals surface area contributed by atoms with Crippen molar-refractivity contribution < 1.29 is 9.53 Å². The van der Waals surface area contributed by atoms with E-state index in [1.807, 2.05) is 49.2 Å². The lowest BCUT2D eigenvalue weighted by Gasteiger charge is -2.45. The Morgan fingerprint density at radius 1 is 1.26 bits per heavy atom. The molecule has 1 fully saturated rings. The Morgan fingerprint density at radius 3 is 2.77 bits per heavy atom. The summed E-state index contributed by atoms with van der Waals surface area (Å²) in [7, 11) is 1.83. The lowest BCUT2D eigenvalue weighted by molar-refractivity contribution is -0.126. The third-order valence-electron chi connectivity index (χ3n) is 6.41. The van der Waals surface area contributed by atoms with Gasteiger partial charge in [0.25, 0.3) is 5.91 Å². The van der Waals surface area contributed by atoms with E-state index in [0.29, 0.717) is 47.0 Å². The smallest absolute Gasteiger partial charge is 0.257 e. The summed E-state index contributed by atoms with van der Waals surface area (Å²) in [5.41, 5.74) is 2.53. The van der Waals surface area contributed by atoms with Crippen molar-refractivity contribution >= 4 is 52.2 Å². The molecule has 1 aromatic carbocycles. The van der Waals surface area contributed by atoms with Crippen molar-refractivity contribution in [1.82, 2.24) is 24.6 Å². The van der Waals surface area contributed by atoms with Crippen LogP contribution in [-0.4, -0.2) is 43.8 Å². The number of carbonyl (C=O) groups excluding carboxylic acids is 1. The number of halogens is 2. The van der Waals surface area contributed by atoms with Gasteiger partial charge >= 0.3 is 0 Å². The van der Waals surface area contributed by atoms with Gasteiger partial charge in [-0.3, -0.25) is 9.48 Å². The third-order valence-corrected chi connectivity index (χ3v) is 8.52. The van der Waals surface area contributed by atoms with Gasteiger partial charge in [0, 0.05) is 30.9 Å². The third kappa shape index (κ3) is 3.53. The molecule has 0 unspecified atom stereocenters. The fourth-order valence-corrected chi connectivity index (χ4v) is 6.56. The van der Waals surface area contributed by atoms with Gasteiger partial charge in [-0.05, 0) is 30.2 Å². The van der Waals surface area contributed by atoms with Gasteiger partial charge in [-0.15, -0.1) is 11.3 Å². The fraction of sp³-hybridized carbons (Fsp3) is 0.250. The second-order valence-electron chi connectivity index (χ2n) is 8.69. The second kappa shape index (κ2) is 8.30. The number of anilines is 2. The first-order valence-electron chi connectivity index (χ1n) is 10.9. The van der Waals surface area contributed by atoms with Crippen LogP contribution in [0.25, 0.3) is 10.6 Å². The van der Waals surface area contributed by atoms with Gasteiger partial charge in [0.05, 0.1) is 45.4 Å². The summed E-state index contributed by atoms with van der Waals surface area (Å²) < 4.78 is 7.32. The van der Waals surface area contributed by atoms with Crippen LogP contribution in [0.2, 0.25) is 10.0 Å². The molecule has 0 saturated carbocycles. The molecule has 0 radical (unpaired) electrons. The molecule has 0 atom stereocenters. The first-order valence-corrected chi connectivity index (χ1v) is 12.5. The van der Waals surface area contributed by atoms with Gasteiger partial charge in [0.1, 0.15) is 11.4 Å². The van der Waals surface area contributed by atoms with Gasteiger partial charge in [0.15, 0.2) is 0 Å². The van der Waals surface area contributed by atoms with Crippen LogP contribution in [-0.2, 0) is 23.9 Å². The highest BCUT2D eigenvalue weighted by atomic mass is 35.5. The van der Waals surface area contributed by atoms with Crippen molar-refractivity contribution in [2.45, 2.75) is 19.0 Å². The number of aromatic nitrogens is 4. The highest BCUT2D eigenvalue weighted by molar-refractivity contribution is 7.17. The van der Waals surface area contributed by atoms with Crippen molar-refractivity contribution in [1.29, 1.82) is 0 Å². The molecule has 2 aliphatic heterocycles. The highest BCUT2D eigenvalue weighted by Crippen LogP contribution is 2.54. The molecular weight excluding hydrogens is 507 g/mol. The predicted molar refractivity (Wildman–Crippen MR) is 135 cm³/mol. The van der Waals surface area contributed by atoms with Gasteiger partial charge in [-0.25, -0.2) is 9.97 Å². The number of rotatable bonds is 5. The van der Waals surface area contributed by atoms with Crippen LogP contribution in [0, 0.1) is 6.92 Å². The summed E-state index contributed by atoms with van der Waals surface area (Å²) in [6.07, 6.45) is 3.44. The number of thiophene rings is 1. The normalized spacial score (nSPS) is 16.0. The number of ether oxygens (including phenoxy) is 1. The van der Waals surface area contributed by atoms with Gasteiger partial charge < -0.3 is 15.0 Å². The number of fused-ring (bicyclic) bond motifs is 2. The molecule has 0 bridgehead atoms. The summed E-state index contributed by atoms with van der Waals surface area (Å²) >= 11 is 14.6. The zero-order valence-electron chi connectivity index (χ0n) is 18.9. The van der Waals surface area contributed by atoms with E-state index in [2.05, 4.69) is 15.4 Å². The molecular formula is C24H20Cl2N6O2S. The molecule has 11 heteroatoms. The molecule has 5 heterocycles. The van der Waals surface area contributed by atoms with E-state index in [1.165, 1.54) is 11.3 Å². The minimum atomic E-state index is -0.530. The lowest BCUT2D eigenvalue weighted by Crippen LogP contribution is -2.56. The lowest BCUT2D eigenvalue weighted by atomic mass is 9.94. The number of benzene rings is 1. The van der Waals surface area contributed by atoms with E-state index in [1.54, 1.807) is 17.1 Å². The van der Waals surface area contributed by atoms with E-state index >= 15 is 0 Å². The Kier molecular flexibility index (Phi) is 5.33. The van der Waals surface area contributed by atoms with Crippen LogP contribution in [0.3, 0.4) is 0 Å². The van der Waals surface area contributed by atoms with Crippen LogP contribution in [0.1, 0.15) is 26.4 Å². The fourth-order valence-electron chi connectivity index (χ4n) is 4.50. The van der Waals surface area contributed by atoms with Gasteiger partial charge in [-0.1, -0.05) is 35.3 Å². The Hall–Kier alpha value is -2.98. The number of hydrogen-bond acceptors (Lipinski definition) is 7. The zero-order valence-corrected chi connectivity index (χ0v) is 21.2. The van der Waals surface area contributed by atoms with E-state index < -0.39 is 5.54 Å². The molecule has 35 heavy (non-hydrogen) atoms. The summed E-state index contributed by atoms with van der Waals surface area (Å²) in [5.74, 6) is 1.09. The molecule has 1 amide bonds. The molecule has 0 aliphatic carbocycles. The number of hydrogen-bond donors (Lipinski definition) is 1. The van der Waals surface area contributed by atoms with E-state index in [-0.39, 0.29) is 5.91 Å². The van der Waals surface area contributed by atoms with E-state index in [9.17, 15) is 4.79 Å². The first kappa shape index (κ1) is 22.5. The number of amides is 1. The summed E-state index contributed by atoms with van der Waals surface area (Å²) in [6.45, 7) is 3.22. The van der Waals surface area contributed by atoms with Gasteiger partial charge in [-0.2, -0.15) is 5.10 Å². The quantitative estimate of drug-likeness (QED) is 0.385. The molecule has 1 saturated heterocycles. The molecule has 2 aliphatic rings. The van der Waals surface area contributed by atoms with Crippen LogP contribution >= 0.6 is 34.5 Å². The number of nitrogens with one attached hydrogen (secondary N) is 1. The average Bonchev–Trinajstić information content (AvgIpc) is 3.43. The van der Waals surface area contributed by atoms with E-state index in [4.69, 9.17) is 32.9 Å². The second-order valence-corrected chi connectivity index (χ2v) is 10.5. The Balaban J connectivity index is 1.38. The largest absolute Gasteiger partial charge is 0.376 e. The molecule has 3 aromatic heterocycles. The summed E-state index contributed by atoms with van der Waals surface area (Å²) in [4.78, 5) is 26.3. The minimum absolute atomic E-state index is 0.101. The van der Waals surface area contributed by atoms with Crippen LogP contribution in [0.15, 0.2) is 42.7 Å². The summed E-state index contributed by atoms with van der Waals surface area (Å²) in [5, 5.41) is 8.39.